The number of hydrogen-bond donors (Lipinski definition) is 0. The van der Waals surface area contributed by atoms with Crippen molar-refractivity contribution in [2.24, 2.45) is 0 Å². The Morgan fingerprint density at radius 1 is 1.18 bits per heavy atom. The second kappa shape index (κ2) is 4.58. The Bertz CT molecular complexity index is 94.7. The van der Waals surface area contributed by atoms with Gasteiger partial charge in [-0.3, -0.25) is 4.90 Å². The van der Waals surface area contributed by atoms with E-state index in [9.17, 15) is 0 Å². The van der Waals surface area contributed by atoms with E-state index in [1.807, 2.05) is 0 Å². The van der Waals surface area contributed by atoms with Gasteiger partial charge < -0.3 is 0 Å². The van der Waals surface area contributed by atoms with Crippen LogP contribution in [-0.2, 0) is 0 Å². The second-order valence-electron chi connectivity index (χ2n) is 3.26. The zero-order valence-corrected chi connectivity index (χ0v) is 8.42. The van der Waals surface area contributed by atoms with Crippen molar-refractivity contribution in [3.8, 4) is 0 Å². The van der Waals surface area contributed by atoms with Crippen LogP contribution in [0.1, 0.15) is 19.3 Å². The lowest BCUT2D eigenvalue weighted by Gasteiger charge is -2.21. The van der Waals surface area contributed by atoms with Crippen LogP contribution in [0.15, 0.2) is 0 Å². The molecule has 2 fully saturated rings. The molecule has 66 valence electrons. The number of rotatable bonds is 1. The molecule has 0 saturated carbocycles. The third-order valence-electron chi connectivity index (χ3n) is 2.56. The first kappa shape index (κ1) is 9.69. The van der Waals surface area contributed by atoms with Gasteiger partial charge in [-0.2, -0.15) is 11.8 Å². The van der Waals surface area contributed by atoms with Gasteiger partial charge >= 0.3 is 0 Å². The van der Waals surface area contributed by atoms with Crippen LogP contribution in [0.2, 0.25) is 0 Å². The minimum atomic E-state index is 0. The molecular formula is C8H16ClNS. The van der Waals surface area contributed by atoms with Crippen LogP contribution in [0.25, 0.3) is 0 Å². The van der Waals surface area contributed by atoms with E-state index in [0.717, 1.165) is 6.04 Å². The summed E-state index contributed by atoms with van der Waals surface area (Å²) in [5, 5.41) is 0. The quantitative estimate of drug-likeness (QED) is 0.627. The predicted molar refractivity (Wildman–Crippen MR) is 53.8 cm³/mol. The van der Waals surface area contributed by atoms with E-state index in [1.165, 1.54) is 43.9 Å². The molecule has 2 aliphatic heterocycles. The molecule has 0 aromatic carbocycles. The highest BCUT2D eigenvalue weighted by atomic mass is 35.5. The molecule has 0 bridgehead atoms. The molecule has 1 unspecified atom stereocenters. The molecule has 0 aromatic rings. The molecule has 0 aliphatic carbocycles. The van der Waals surface area contributed by atoms with Crippen LogP contribution in [0.4, 0.5) is 0 Å². The van der Waals surface area contributed by atoms with Gasteiger partial charge in [-0.1, -0.05) is 0 Å². The molecule has 0 radical (unpaired) electrons. The molecule has 0 aromatic heterocycles. The van der Waals surface area contributed by atoms with Crippen LogP contribution in [0.5, 0.6) is 0 Å². The van der Waals surface area contributed by atoms with E-state index in [0.29, 0.717) is 0 Å². The van der Waals surface area contributed by atoms with Gasteiger partial charge in [0.1, 0.15) is 0 Å². The lowest BCUT2D eigenvalue weighted by molar-refractivity contribution is 0.264. The van der Waals surface area contributed by atoms with Crippen molar-refractivity contribution in [3.63, 3.8) is 0 Å². The van der Waals surface area contributed by atoms with Gasteiger partial charge in [0.15, 0.2) is 0 Å². The number of nitrogens with zero attached hydrogens (tertiary/aromatic N) is 1. The molecule has 3 heteroatoms. The number of likely N-dealkylation sites (tertiary alicyclic amines) is 1. The standard InChI is InChI=1S/C8H15NS.ClH/c1-2-5-9(4-1)8-3-6-10-7-8;/h8H,1-7H2;1H. The largest absolute Gasteiger partial charge is 0.300 e. The lowest BCUT2D eigenvalue weighted by atomic mass is 10.2. The highest BCUT2D eigenvalue weighted by Crippen LogP contribution is 2.24. The molecule has 2 rings (SSSR count). The zero-order chi connectivity index (χ0) is 6.81. The maximum absolute atomic E-state index is 2.68. The summed E-state index contributed by atoms with van der Waals surface area (Å²) in [4.78, 5) is 2.68. The van der Waals surface area contributed by atoms with Crippen molar-refractivity contribution in [2.45, 2.75) is 25.3 Å². The van der Waals surface area contributed by atoms with Crippen molar-refractivity contribution in [3.05, 3.63) is 0 Å². The summed E-state index contributed by atoms with van der Waals surface area (Å²) in [6, 6.07) is 0.951. The van der Waals surface area contributed by atoms with Gasteiger partial charge in [0.2, 0.25) is 0 Å². The summed E-state index contributed by atoms with van der Waals surface area (Å²) in [7, 11) is 0. The Balaban J connectivity index is 0.000000605. The van der Waals surface area contributed by atoms with E-state index in [2.05, 4.69) is 16.7 Å². The van der Waals surface area contributed by atoms with Crippen LogP contribution < -0.4 is 0 Å². The Labute approximate surface area is 79.3 Å². The number of hydrogen-bond acceptors (Lipinski definition) is 2. The zero-order valence-electron chi connectivity index (χ0n) is 6.79. The maximum Gasteiger partial charge on any atom is 0.0194 e. The van der Waals surface area contributed by atoms with E-state index < -0.39 is 0 Å². The summed E-state index contributed by atoms with van der Waals surface area (Å²) in [6.45, 7) is 2.76. The summed E-state index contributed by atoms with van der Waals surface area (Å²) in [5.41, 5.74) is 0. The Hall–Kier alpha value is 0.600. The van der Waals surface area contributed by atoms with Crippen molar-refractivity contribution in [1.82, 2.24) is 4.90 Å². The van der Waals surface area contributed by atoms with Crippen molar-refractivity contribution in [1.29, 1.82) is 0 Å². The fraction of sp³-hybridized carbons (Fsp3) is 1.00. The number of halogens is 1. The predicted octanol–water partition coefficient (Wildman–Crippen LogP) is 2.01. The first-order valence-electron chi connectivity index (χ1n) is 4.28. The van der Waals surface area contributed by atoms with Crippen molar-refractivity contribution < 1.29 is 0 Å². The first-order valence-corrected chi connectivity index (χ1v) is 5.44. The van der Waals surface area contributed by atoms with Gasteiger partial charge in [-0.05, 0) is 38.1 Å². The van der Waals surface area contributed by atoms with Crippen LogP contribution in [-0.4, -0.2) is 35.5 Å². The maximum atomic E-state index is 2.68. The van der Waals surface area contributed by atoms with Gasteiger partial charge in [0, 0.05) is 11.8 Å². The van der Waals surface area contributed by atoms with Gasteiger partial charge in [0.25, 0.3) is 0 Å². The minimum absolute atomic E-state index is 0. The van der Waals surface area contributed by atoms with E-state index >= 15 is 0 Å². The van der Waals surface area contributed by atoms with E-state index in [-0.39, 0.29) is 12.4 Å². The molecule has 0 N–H and O–H groups in total. The SMILES string of the molecule is C1CCN(C2CCSC2)C1.Cl. The summed E-state index contributed by atoms with van der Waals surface area (Å²) in [5.74, 6) is 2.81. The average Bonchev–Trinajstić information content (AvgIpc) is 2.59. The van der Waals surface area contributed by atoms with Gasteiger partial charge in [-0.25, -0.2) is 0 Å². The fourth-order valence-electron chi connectivity index (χ4n) is 1.92. The smallest absolute Gasteiger partial charge is 0.0194 e. The molecule has 2 aliphatic rings. The Kier molecular flexibility index (Phi) is 4.04. The van der Waals surface area contributed by atoms with Gasteiger partial charge in [-0.15, -0.1) is 12.4 Å². The summed E-state index contributed by atoms with van der Waals surface area (Å²) < 4.78 is 0. The second-order valence-corrected chi connectivity index (χ2v) is 4.41. The number of thioether (sulfide) groups is 1. The van der Waals surface area contributed by atoms with E-state index in [1.54, 1.807) is 0 Å². The third-order valence-corrected chi connectivity index (χ3v) is 3.71. The molecule has 2 saturated heterocycles. The molecule has 0 amide bonds. The molecule has 2 heterocycles. The monoisotopic (exact) mass is 193 g/mol. The first-order chi connectivity index (χ1) is 4.97. The Morgan fingerprint density at radius 2 is 1.91 bits per heavy atom. The average molecular weight is 194 g/mol. The molecule has 1 atom stereocenters. The van der Waals surface area contributed by atoms with Gasteiger partial charge in [0.05, 0.1) is 0 Å². The van der Waals surface area contributed by atoms with Crippen LogP contribution >= 0.6 is 24.2 Å². The highest BCUT2D eigenvalue weighted by Gasteiger charge is 2.24. The van der Waals surface area contributed by atoms with Crippen LogP contribution in [0, 0.1) is 0 Å². The highest BCUT2D eigenvalue weighted by molar-refractivity contribution is 7.99. The molecule has 11 heavy (non-hydrogen) atoms. The molecular weight excluding hydrogens is 178 g/mol. The summed E-state index contributed by atoms with van der Waals surface area (Å²) >= 11 is 2.13. The fourth-order valence-corrected chi connectivity index (χ4v) is 3.17. The summed E-state index contributed by atoms with van der Waals surface area (Å²) in [6.07, 6.45) is 4.34. The topological polar surface area (TPSA) is 3.24 Å². The van der Waals surface area contributed by atoms with E-state index in [4.69, 9.17) is 0 Å². The van der Waals surface area contributed by atoms with Crippen molar-refractivity contribution in [2.75, 3.05) is 24.6 Å². The minimum Gasteiger partial charge on any atom is -0.300 e. The lowest BCUT2D eigenvalue weighted by Crippen LogP contribution is -2.32. The Morgan fingerprint density at radius 3 is 2.45 bits per heavy atom. The normalized spacial score (nSPS) is 32.2. The van der Waals surface area contributed by atoms with Crippen molar-refractivity contribution >= 4 is 24.2 Å². The molecule has 1 nitrogen and oxygen atoms in total. The third kappa shape index (κ3) is 2.27. The molecule has 0 spiro atoms. The van der Waals surface area contributed by atoms with Crippen LogP contribution in [0.3, 0.4) is 0 Å².